The summed E-state index contributed by atoms with van der Waals surface area (Å²) in [4.78, 5) is 0. The van der Waals surface area contributed by atoms with Gasteiger partial charge in [-0.15, -0.1) is 0 Å². The zero-order valence-electron chi connectivity index (χ0n) is 12.3. The van der Waals surface area contributed by atoms with Crippen LogP contribution in [-0.4, -0.2) is 37.5 Å². The average molecular weight is 250 g/mol. The molecular weight excluding hydrogens is 220 g/mol. The summed E-state index contributed by atoms with van der Waals surface area (Å²) >= 11 is 0. The minimum atomic E-state index is -1.42. The average Bonchev–Trinajstić information content (AvgIpc) is 2.28. The monoisotopic (exact) mass is 250 g/mol. The summed E-state index contributed by atoms with van der Waals surface area (Å²) in [7, 11) is 0. The van der Waals surface area contributed by atoms with Crippen LogP contribution in [-0.2, 0) is 14.2 Å². The molecule has 1 N–H and O–H groups in total. The van der Waals surface area contributed by atoms with Gasteiger partial charge in [0.2, 0.25) is 0 Å². The molecule has 0 aliphatic carbocycles. The third-order valence-corrected chi connectivity index (χ3v) is 2.15. The minimum absolute atomic E-state index is 0.452. The zero-order valence-corrected chi connectivity index (χ0v) is 12.3. The van der Waals surface area contributed by atoms with Crippen LogP contribution in [0.25, 0.3) is 0 Å². The zero-order chi connectivity index (χ0) is 13.7. The van der Waals surface area contributed by atoms with Gasteiger partial charge in [-0.3, -0.25) is 0 Å². The van der Waals surface area contributed by atoms with E-state index in [1.807, 2.05) is 20.8 Å². The van der Waals surface area contributed by atoms with Crippen molar-refractivity contribution in [2.75, 3.05) is 26.4 Å². The lowest BCUT2D eigenvalue weighted by Gasteiger charge is -2.24. The van der Waals surface area contributed by atoms with Crippen LogP contribution in [0.1, 0.15) is 48.0 Å². The Balaban J connectivity index is 0. The quantitative estimate of drug-likeness (QED) is 0.673. The van der Waals surface area contributed by atoms with Crippen LogP contribution < -0.4 is 0 Å². The molecule has 17 heavy (non-hydrogen) atoms. The van der Waals surface area contributed by atoms with Crippen molar-refractivity contribution >= 4 is 0 Å². The molecule has 0 aromatic heterocycles. The molecule has 0 amide bonds. The minimum Gasteiger partial charge on any atom is -0.382 e. The lowest BCUT2D eigenvalue weighted by Crippen LogP contribution is -2.33. The van der Waals surface area contributed by atoms with Gasteiger partial charge in [0.05, 0.1) is 6.61 Å². The highest BCUT2D eigenvalue weighted by Crippen LogP contribution is 2.11. The van der Waals surface area contributed by atoms with Crippen molar-refractivity contribution < 1.29 is 19.3 Å². The Kier molecular flexibility index (Phi) is 13.9. The first-order valence-corrected chi connectivity index (χ1v) is 6.51. The normalized spacial score (nSPS) is 15.7. The number of aliphatic hydroxyl groups is 1. The summed E-state index contributed by atoms with van der Waals surface area (Å²) in [5.41, 5.74) is 0. The highest BCUT2D eigenvalue weighted by Gasteiger charge is 2.21. The van der Waals surface area contributed by atoms with E-state index in [4.69, 9.17) is 14.2 Å². The van der Waals surface area contributed by atoms with E-state index >= 15 is 0 Å². The second-order valence-electron chi connectivity index (χ2n) is 3.94. The fourth-order valence-electron chi connectivity index (χ4n) is 0.928. The molecule has 4 heteroatoms. The summed E-state index contributed by atoms with van der Waals surface area (Å²) in [5, 5.41) is 9.41. The molecule has 0 fully saturated rings. The molecule has 0 aromatic carbocycles. The van der Waals surface area contributed by atoms with Gasteiger partial charge < -0.3 is 19.3 Å². The van der Waals surface area contributed by atoms with Gasteiger partial charge in [0.1, 0.15) is 0 Å². The highest BCUT2D eigenvalue weighted by atomic mass is 16.8. The maximum absolute atomic E-state index is 9.41. The van der Waals surface area contributed by atoms with Crippen molar-refractivity contribution in [3.63, 3.8) is 0 Å². The van der Waals surface area contributed by atoms with Crippen LogP contribution in [0.2, 0.25) is 0 Å². The predicted molar refractivity (Wildman–Crippen MR) is 69.8 cm³/mol. The van der Waals surface area contributed by atoms with Crippen molar-refractivity contribution in [1.82, 2.24) is 0 Å². The molecule has 0 bridgehead atoms. The molecule has 4 nitrogen and oxygen atoms in total. The van der Waals surface area contributed by atoms with Crippen molar-refractivity contribution in [2.24, 2.45) is 5.92 Å². The molecule has 106 valence electrons. The summed E-state index contributed by atoms with van der Waals surface area (Å²) in [6.45, 7) is 14.1. The number of rotatable bonds is 8. The van der Waals surface area contributed by atoms with Crippen LogP contribution in [0.4, 0.5) is 0 Å². The van der Waals surface area contributed by atoms with Gasteiger partial charge >= 0.3 is 0 Å². The Morgan fingerprint density at radius 3 is 1.82 bits per heavy atom. The molecule has 2 atom stereocenters. The number of hydrogen-bond donors (Lipinski definition) is 1. The van der Waals surface area contributed by atoms with Gasteiger partial charge in [0, 0.05) is 26.7 Å². The van der Waals surface area contributed by atoms with Gasteiger partial charge in [-0.1, -0.05) is 20.3 Å². The topological polar surface area (TPSA) is 47.9 Å². The van der Waals surface area contributed by atoms with E-state index < -0.39 is 5.97 Å². The molecule has 0 aromatic rings. The summed E-state index contributed by atoms with van der Waals surface area (Å²) < 4.78 is 14.9. The van der Waals surface area contributed by atoms with Gasteiger partial charge in [0.15, 0.2) is 0 Å². The molecule has 0 aliphatic rings. The SMILES string of the molecule is CCOC(C)(O)OCC(C)CC.CCOCC. The van der Waals surface area contributed by atoms with Crippen LogP contribution in [0, 0.1) is 5.92 Å². The van der Waals surface area contributed by atoms with Crippen LogP contribution in [0.15, 0.2) is 0 Å². The second-order valence-corrected chi connectivity index (χ2v) is 3.94. The van der Waals surface area contributed by atoms with E-state index in [1.165, 1.54) is 6.92 Å². The molecule has 0 spiro atoms. The van der Waals surface area contributed by atoms with E-state index in [2.05, 4.69) is 13.8 Å². The van der Waals surface area contributed by atoms with Gasteiger partial charge in [-0.25, -0.2) is 0 Å². The Hall–Kier alpha value is -0.160. The Bertz CT molecular complexity index is 146. The lowest BCUT2D eigenvalue weighted by atomic mass is 10.1. The largest absolute Gasteiger partial charge is 0.382 e. The fourth-order valence-corrected chi connectivity index (χ4v) is 0.928. The van der Waals surface area contributed by atoms with Crippen LogP contribution >= 0.6 is 0 Å². The maximum atomic E-state index is 9.41. The first-order valence-electron chi connectivity index (χ1n) is 6.51. The number of hydrogen-bond acceptors (Lipinski definition) is 4. The summed E-state index contributed by atoms with van der Waals surface area (Å²) in [5.74, 6) is -0.963. The van der Waals surface area contributed by atoms with Crippen molar-refractivity contribution in [1.29, 1.82) is 0 Å². The van der Waals surface area contributed by atoms with Crippen molar-refractivity contribution in [3.8, 4) is 0 Å². The van der Waals surface area contributed by atoms with Crippen molar-refractivity contribution in [2.45, 2.75) is 53.9 Å². The predicted octanol–water partition coefficient (Wildman–Crippen LogP) is 2.79. The molecule has 0 aliphatic heterocycles. The van der Waals surface area contributed by atoms with Gasteiger partial charge in [-0.2, -0.15) is 0 Å². The fraction of sp³-hybridized carbons (Fsp3) is 1.00. The third-order valence-electron chi connectivity index (χ3n) is 2.15. The Labute approximate surface area is 106 Å². The molecule has 0 saturated carbocycles. The van der Waals surface area contributed by atoms with E-state index in [0.717, 1.165) is 19.6 Å². The van der Waals surface area contributed by atoms with Gasteiger partial charge in [0.25, 0.3) is 5.97 Å². The highest BCUT2D eigenvalue weighted by molar-refractivity contribution is 4.49. The molecular formula is C13H30O4. The van der Waals surface area contributed by atoms with E-state index in [9.17, 15) is 5.11 Å². The van der Waals surface area contributed by atoms with Crippen LogP contribution in [0.5, 0.6) is 0 Å². The van der Waals surface area contributed by atoms with Gasteiger partial charge in [-0.05, 0) is 26.7 Å². The second kappa shape index (κ2) is 12.3. The molecule has 2 unspecified atom stereocenters. The molecule has 0 rings (SSSR count). The molecule has 0 heterocycles. The van der Waals surface area contributed by atoms with E-state index in [-0.39, 0.29) is 0 Å². The number of ether oxygens (including phenoxy) is 3. The smallest absolute Gasteiger partial charge is 0.277 e. The first-order chi connectivity index (χ1) is 7.93. The van der Waals surface area contributed by atoms with E-state index in [0.29, 0.717) is 19.1 Å². The Morgan fingerprint density at radius 2 is 1.53 bits per heavy atom. The van der Waals surface area contributed by atoms with Crippen molar-refractivity contribution in [3.05, 3.63) is 0 Å². The summed E-state index contributed by atoms with van der Waals surface area (Å²) in [6, 6.07) is 0. The molecule has 0 radical (unpaired) electrons. The standard InChI is InChI=1S/C9H20O3.C4H10O/c1-5-8(3)7-12-9(4,10)11-6-2;1-3-5-4-2/h8,10H,5-7H2,1-4H3;3-4H2,1-2H3. The Morgan fingerprint density at radius 1 is 1.00 bits per heavy atom. The maximum Gasteiger partial charge on any atom is 0.277 e. The van der Waals surface area contributed by atoms with E-state index in [1.54, 1.807) is 0 Å². The summed E-state index contributed by atoms with van der Waals surface area (Å²) in [6.07, 6.45) is 1.04. The lowest BCUT2D eigenvalue weighted by molar-refractivity contribution is -0.350. The first kappa shape index (κ1) is 19.2. The molecule has 0 saturated heterocycles. The third kappa shape index (κ3) is 15.8. The van der Waals surface area contributed by atoms with Crippen LogP contribution in [0.3, 0.4) is 0 Å².